The van der Waals surface area contributed by atoms with Crippen molar-refractivity contribution < 1.29 is 9.90 Å². The number of nitriles is 1. The Morgan fingerprint density at radius 3 is 2.50 bits per heavy atom. The van der Waals surface area contributed by atoms with Crippen molar-refractivity contribution in [3.05, 3.63) is 82.5 Å². The van der Waals surface area contributed by atoms with E-state index in [-0.39, 0.29) is 24.4 Å². The van der Waals surface area contributed by atoms with Crippen molar-refractivity contribution >= 4 is 17.5 Å². The Morgan fingerprint density at radius 1 is 1.24 bits per heavy atom. The third-order valence-electron chi connectivity index (χ3n) is 6.58. The minimum absolute atomic E-state index is 0.0209. The zero-order valence-corrected chi connectivity index (χ0v) is 23.7. The van der Waals surface area contributed by atoms with Crippen molar-refractivity contribution in [3.63, 3.8) is 0 Å². The molecule has 1 aliphatic rings. The van der Waals surface area contributed by atoms with Crippen LogP contribution in [0, 0.1) is 11.3 Å². The van der Waals surface area contributed by atoms with Gasteiger partial charge in [0.05, 0.1) is 24.4 Å². The molecule has 1 fully saturated rings. The summed E-state index contributed by atoms with van der Waals surface area (Å²) in [5, 5.41) is 25.9. The number of unbranched alkanes of at least 4 members (excludes halogenated alkanes) is 1. The van der Waals surface area contributed by atoms with Gasteiger partial charge < -0.3 is 15.4 Å². The minimum atomic E-state index is -1.04. The summed E-state index contributed by atoms with van der Waals surface area (Å²) < 4.78 is 0. The van der Waals surface area contributed by atoms with Crippen molar-refractivity contribution in [2.24, 2.45) is 5.84 Å². The van der Waals surface area contributed by atoms with Gasteiger partial charge in [-0.2, -0.15) is 5.26 Å². The number of benzene rings is 2. The Morgan fingerprint density at radius 2 is 1.89 bits per heavy atom. The Hall–Kier alpha value is -2.89. The topological polar surface area (TPSA) is 106 Å². The van der Waals surface area contributed by atoms with Gasteiger partial charge in [-0.05, 0) is 29.7 Å². The lowest BCUT2D eigenvalue weighted by atomic mass is 9.97. The first-order valence-electron chi connectivity index (χ1n) is 13.5. The number of nitrogens with one attached hydrogen (secondary N) is 1. The van der Waals surface area contributed by atoms with Crippen LogP contribution in [0.4, 0.5) is 0 Å². The highest BCUT2D eigenvalue weighted by Crippen LogP contribution is 2.28. The number of halogens is 1. The van der Waals surface area contributed by atoms with Gasteiger partial charge in [-0.3, -0.25) is 9.69 Å². The molecule has 1 heterocycles. The molecule has 8 heteroatoms. The van der Waals surface area contributed by atoms with E-state index in [9.17, 15) is 15.2 Å². The summed E-state index contributed by atoms with van der Waals surface area (Å²) >= 11 is 6.03. The van der Waals surface area contributed by atoms with Gasteiger partial charge in [-0.1, -0.05) is 101 Å². The summed E-state index contributed by atoms with van der Waals surface area (Å²) in [6.07, 6.45) is 4.19. The number of nitrogens with zero attached hydrogens (tertiary/aromatic N) is 3. The van der Waals surface area contributed by atoms with Crippen molar-refractivity contribution in [1.29, 1.82) is 5.26 Å². The second-order valence-electron chi connectivity index (χ2n) is 9.38. The molecular formula is C30H42ClN5O2. The number of hydrazine groups is 1. The number of carbonyl (C=O) groups is 1. The number of hydrogen-bond donors (Lipinski definition) is 3. The molecule has 1 saturated heterocycles. The third-order valence-corrected chi connectivity index (χ3v) is 6.83. The second kappa shape index (κ2) is 16.2. The van der Waals surface area contributed by atoms with Crippen LogP contribution < -0.4 is 11.2 Å². The molecule has 206 valence electrons. The average molecular weight is 540 g/mol. The fourth-order valence-electron chi connectivity index (χ4n) is 4.50. The number of carbonyl (C=O) groups excluding carboxylic acids is 1. The Kier molecular flexibility index (Phi) is 13.3. The van der Waals surface area contributed by atoms with Crippen LogP contribution in [0.1, 0.15) is 64.0 Å². The van der Waals surface area contributed by atoms with Gasteiger partial charge in [-0.25, -0.2) is 5.84 Å². The molecule has 0 bridgehead atoms. The molecule has 0 saturated carbocycles. The van der Waals surface area contributed by atoms with Crippen LogP contribution in [-0.2, 0) is 11.2 Å². The highest BCUT2D eigenvalue weighted by Gasteiger charge is 2.36. The summed E-state index contributed by atoms with van der Waals surface area (Å²) in [4.78, 5) is 14.6. The van der Waals surface area contributed by atoms with E-state index in [0.717, 1.165) is 30.4 Å². The molecule has 4 unspecified atom stereocenters. The summed E-state index contributed by atoms with van der Waals surface area (Å²) in [6, 6.07) is 18.6. The van der Waals surface area contributed by atoms with Crippen LogP contribution in [0.5, 0.6) is 0 Å². The molecule has 2 aromatic rings. The van der Waals surface area contributed by atoms with E-state index in [4.69, 9.17) is 17.4 Å². The van der Waals surface area contributed by atoms with E-state index in [1.54, 1.807) is 9.91 Å². The quantitative estimate of drug-likeness (QED) is 0.368. The molecule has 4 N–H and O–H groups in total. The van der Waals surface area contributed by atoms with Gasteiger partial charge in [-0.15, -0.1) is 0 Å². The number of allylic oxidation sites excluding steroid dienone is 1. The van der Waals surface area contributed by atoms with Crippen LogP contribution in [0.25, 0.3) is 0 Å². The van der Waals surface area contributed by atoms with E-state index < -0.39 is 12.3 Å². The van der Waals surface area contributed by atoms with Gasteiger partial charge in [0.15, 0.2) is 0 Å². The SMILES string of the molecule is CC.CCCCC1CN(CC(=O)NC(C#N)Cc2ccccc2)C(O)/C(=C/C(C)c2ccc(Cl)cc2)N1N. The Labute approximate surface area is 232 Å². The summed E-state index contributed by atoms with van der Waals surface area (Å²) in [5.74, 6) is 6.17. The smallest absolute Gasteiger partial charge is 0.235 e. The van der Waals surface area contributed by atoms with Crippen LogP contribution in [0.3, 0.4) is 0 Å². The zero-order chi connectivity index (χ0) is 28.1. The number of nitrogens with two attached hydrogens (primary N) is 1. The first-order chi connectivity index (χ1) is 18.3. The van der Waals surface area contributed by atoms with Gasteiger partial charge in [0.1, 0.15) is 12.3 Å². The minimum Gasteiger partial charge on any atom is -0.372 e. The standard InChI is InChI=1S/C28H36ClN5O2.C2H6/c1-3-4-10-25-18-33(19-27(35)32-24(17-30)16-21-8-6-5-7-9-21)28(36)26(34(25)31)15-20(2)22-11-13-23(29)14-12-22;1-2/h5-9,11-15,20,24-25,28,36H,3-4,10,16,18-19,31H2,1-2H3,(H,32,35);1-2H3/b26-15-;. The number of rotatable bonds is 10. The largest absolute Gasteiger partial charge is 0.372 e. The van der Waals surface area contributed by atoms with Crippen molar-refractivity contribution in [1.82, 2.24) is 15.2 Å². The lowest BCUT2D eigenvalue weighted by Crippen LogP contribution is -2.60. The first-order valence-corrected chi connectivity index (χ1v) is 13.9. The van der Waals surface area contributed by atoms with Crippen molar-refractivity contribution in [2.45, 2.75) is 77.6 Å². The number of amides is 1. The molecule has 38 heavy (non-hydrogen) atoms. The molecule has 0 spiro atoms. The van der Waals surface area contributed by atoms with E-state index in [2.05, 4.69) is 18.3 Å². The van der Waals surface area contributed by atoms with Crippen LogP contribution in [0.15, 0.2) is 66.4 Å². The third kappa shape index (κ3) is 9.14. The molecule has 0 aliphatic carbocycles. The monoisotopic (exact) mass is 539 g/mol. The maximum Gasteiger partial charge on any atom is 0.235 e. The summed E-state index contributed by atoms with van der Waals surface area (Å²) in [5.41, 5.74) is 2.59. The van der Waals surface area contributed by atoms with Crippen LogP contribution in [0.2, 0.25) is 5.02 Å². The predicted molar refractivity (Wildman–Crippen MR) is 154 cm³/mol. The lowest BCUT2D eigenvalue weighted by molar-refractivity contribution is -0.127. The van der Waals surface area contributed by atoms with Gasteiger partial charge in [0, 0.05) is 23.9 Å². The summed E-state index contributed by atoms with van der Waals surface area (Å²) in [7, 11) is 0. The van der Waals surface area contributed by atoms with E-state index in [0.29, 0.717) is 23.7 Å². The van der Waals surface area contributed by atoms with Gasteiger partial charge in [0.25, 0.3) is 0 Å². The highest BCUT2D eigenvalue weighted by molar-refractivity contribution is 6.30. The van der Waals surface area contributed by atoms with Crippen LogP contribution >= 0.6 is 11.6 Å². The van der Waals surface area contributed by atoms with Crippen LogP contribution in [-0.4, -0.2) is 52.3 Å². The summed E-state index contributed by atoms with van der Waals surface area (Å²) in [6.45, 7) is 8.58. The Balaban J connectivity index is 0.00000247. The van der Waals surface area contributed by atoms with Gasteiger partial charge in [0.2, 0.25) is 5.91 Å². The fraction of sp³-hybridized carbons (Fsp3) is 0.467. The average Bonchev–Trinajstić information content (AvgIpc) is 2.93. The molecule has 0 aromatic heterocycles. The zero-order valence-electron chi connectivity index (χ0n) is 23.0. The van der Waals surface area contributed by atoms with E-state index in [1.165, 1.54) is 0 Å². The van der Waals surface area contributed by atoms with E-state index in [1.807, 2.05) is 81.4 Å². The second-order valence-corrected chi connectivity index (χ2v) is 9.81. The molecule has 1 aliphatic heterocycles. The Bertz CT molecular complexity index is 1050. The molecule has 0 radical (unpaired) electrons. The van der Waals surface area contributed by atoms with Crippen molar-refractivity contribution in [3.8, 4) is 6.07 Å². The van der Waals surface area contributed by atoms with E-state index >= 15 is 0 Å². The maximum absolute atomic E-state index is 12.9. The number of aliphatic hydroxyl groups excluding tert-OH is 1. The number of hydrogen-bond acceptors (Lipinski definition) is 6. The van der Waals surface area contributed by atoms with Gasteiger partial charge >= 0.3 is 0 Å². The molecule has 3 rings (SSSR count). The number of aliphatic hydroxyl groups is 1. The maximum atomic E-state index is 12.9. The fourth-order valence-corrected chi connectivity index (χ4v) is 4.63. The molecule has 7 nitrogen and oxygen atoms in total. The normalized spacial score (nSPS) is 20.2. The molecular weight excluding hydrogens is 498 g/mol. The molecule has 1 amide bonds. The lowest BCUT2D eigenvalue weighted by Gasteiger charge is -2.45. The molecule has 4 atom stereocenters. The molecule has 2 aromatic carbocycles. The number of piperazine rings is 1. The predicted octanol–water partition coefficient (Wildman–Crippen LogP) is 4.97. The van der Waals surface area contributed by atoms with Crippen molar-refractivity contribution in [2.75, 3.05) is 13.1 Å². The first kappa shape index (κ1) is 31.3. The highest BCUT2D eigenvalue weighted by atomic mass is 35.5.